The zero-order valence-corrected chi connectivity index (χ0v) is 16.4. The van der Waals surface area contributed by atoms with Gasteiger partial charge in [-0.1, -0.05) is 38.1 Å². The molecule has 0 saturated heterocycles. The third-order valence-electron chi connectivity index (χ3n) is 4.96. The highest BCUT2D eigenvalue weighted by Gasteiger charge is 2.35. The van der Waals surface area contributed by atoms with E-state index in [9.17, 15) is 14.4 Å². The van der Waals surface area contributed by atoms with Crippen LogP contribution in [0.15, 0.2) is 48.5 Å². The van der Waals surface area contributed by atoms with E-state index in [-0.39, 0.29) is 29.7 Å². The van der Waals surface area contributed by atoms with Crippen molar-refractivity contribution < 1.29 is 14.4 Å². The fourth-order valence-corrected chi connectivity index (χ4v) is 3.37. The Kier molecular flexibility index (Phi) is 5.34. The Hall–Kier alpha value is -2.99. The van der Waals surface area contributed by atoms with Crippen LogP contribution < -0.4 is 5.73 Å². The number of fused-ring (bicyclic) bond motifs is 1. The number of hydrogen-bond donors (Lipinski definition) is 1. The first-order chi connectivity index (χ1) is 13.2. The van der Waals surface area contributed by atoms with Crippen LogP contribution in [0.25, 0.3) is 0 Å². The van der Waals surface area contributed by atoms with Gasteiger partial charge in [0.15, 0.2) is 0 Å². The second-order valence-electron chi connectivity index (χ2n) is 7.97. The lowest BCUT2D eigenvalue weighted by Gasteiger charge is -2.29. The van der Waals surface area contributed by atoms with Crippen LogP contribution in [0.4, 0.5) is 0 Å². The van der Waals surface area contributed by atoms with Crippen molar-refractivity contribution in [1.29, 1.82) is 0 Å². The van der Waals surface area contributed by atoms with Gasteiger partial charge < -0.3 is 10.6 Å². The molecule has 6 nitrogen and oxygen atoms in total. The molecule has 2 N–H and O–H groups in total. The largest absolute Gasteiger partial charge is 0.341 e. The molecular formula is C22H25N3O3. The van der Waals surface area contributed by atoms with E-state index in [2.05, 4.69) is 0 Å². The van der Waals surface area contributed by atoms with E-state index in [4.69, 9.17) is 5.73 Å². The van der Waals surface area contributed by atoms with Crippen molar-refractivity contribution in [2.75, 3.05) is 20.1 Å². The van der Waals surface area contributed by atoms with Gasteiger partial charge in [0, 0.05) is 19.2 Å². The molecule has 0 radical (unpaired) electrons. The Morgan fingerprint density at radius 3 is 2.21 bits per heavy atom. The van der Waals surface area contributed by atoms with E-state index in [1.165, 1.54) is 4.90 Å². The minimum atomic E-state index is -0.306. The minimum Gasteiger partial charge on any atom is -0.341 e. The molecule has 1 aliphatic rings. The summed E-state index contributed by atoms with van der Waals surface area (Å²) >= 11 is 0. The quantitative estimate of drug-likeness (QED) is 0.782. The first-order valence-electron chi connectivity index (χ1n) is 9.23. The van der Waals surface area contributed by atoms with Gasteiger partial charge in [0.1, 0.15) is 0 Å². The SMILES string of the molecule is CN(CC(C)(C)CN)C(=O)c1cccc(CN2C(=O)c3ccccc3C2=O)c1. The molecule has 146 valence electrons. The zero-order valence-electron chi connectivity index (χ0n) is 16.4. The summed E-state index contributed by atoms with van der Waals surface area (Å²) in [5.74, 6) is -0.732. The Bertz CT molecular complexity index is 901. The summed E-state index contributed by atoms with van der Waals surface area (Å²) in [6.45, 7) is 5.16. The van der Waals surface area contributed by atoms with Gasteiger partial charge in [-0.3, -0.25) is 19.3 Å². The average Bonchev–Trinajstić information content (AvgIpc) is 2.92. The number of carbonyl (C=O) groups excluding carboxylic acids is 3. The molecule has 3 rings (SSSR count). The lowest BCUT2D eigenvalue weighted by Crippen LogP contribution is -2.39. The molecular weight excluding hydrogens is 354 g/mol. The molecule has 1 aliphatic heterocycles. The van der Waals surface area contributed by atoms with Crippen molar-refractivity contribution in [1.82, 2.24) is 9.80 Å². The van der Waals surface area contributed by atoms with Crippen LogP contribution in [-0.4, -0.2) is 47.7 Å². The summed E-state index contributed by atoms with van der Waals surface area (Å²) in [6, 6.07) is 13.8. The standard InChI is InChI=1S/C22H25N3O3/c1-22(2,13-23)14-24(3)19(26)16-8-6-7-15(11-16)12-25-20(27)17-9-4-5-10-18(17)21(25)28/h4-11H,12-14,23H2,1-3H3. The first kappa shape index (κ1) is 19.8. The molecule has 0 aliphatic carbocycles. The smallest absolute Gasteiger partial charge is 0.261 e. The molecule has 0 bridgehead atoms. The maximum atomic E-state index is 12.8. The molecule has 0 spiro atoms. The fraction of sp³-hybridized carbons (Fsp3) is 0.318. The Morgan fingerprint density at radius 2 is 1.64 bits per heavy atom. The molecule has 2 aromatic carbocycles. The predicted octanol–water partition coefficient (Wildman–Crippen LogP) is 2.54. The summed E-state index contributed by atoms with van der Waals surface area (Å²) in [7, 11) is 1.75. The highest BCUT2D eigenvalue weighted by molar-refractivity contribution is 6.21. The van der Waals surface area contributed by atoms with Gasteiger partial charge in [-0.2, -0.15) is 0 Å². The predicted molar refractivity (Wildman–Crippen MR) is 107 cm³/mol. The van der Waals surface area contributed by atoms with Crippen molar-refractivity contribution in [3.05, 3.63) is 70.8 Å². The minimum absolute atomic E-state index is 0.120. The number of imide groups is 1. The Morgan fingerprint density at radius 1 is 1.04 bits per heavy atom. The fourth-order valence-electron chi connectivity index (χ4n) is 3.37. The zero-order chi connectivity index (χ0) is 20.5. The second-order valence-corrected chi connectivity index (χ2v) is 7.97. The monoisotopic (exact) mass is 379 g/mol. The van der Waals surface area contributed by atoms with Crippen molar-refractivity contribution in [3.63, 3.8) is 0 Å². The van der Waals surface area contributed by atoms with Gasteiger partial charge in [-0.25, -0.2) is 0 Å². The van der Waals surface area contributed by atoms with Crippen LogP contribution in [0.1, 0.15) is 50.5 Å². The molecule has 0 atom stereocenters. The number of nitrogens with zero attached hydrogens (tertiary/aromatic N) is 2. The van der Waals surface area contributed by atoms with Crippen LogP contribution in [-0.2, 0) is 6.54 Å². The normalized spacial score (nSPS) is 13.6. The maximum absolute atomic E-state index is 12.8. The summed E-state index contributed by atoms with van der Waals surface area (Å²) < 4.78 is 0. The van der Waals surface area contributed by atoms with Crippen LogP contribution in [0, 0.1) is 5.41 Å². The lowest BCUT2D eigenvalue weighted by molar-refractivity contribution is 0.0642. The van der Waals surface area contributed by atoms with Crippen molar-refractivity contribution in [2.24, 2.45) is 11.1 Å². The molecule has 2 aromatic rings. The molecule has 0 fully saturated rings. The summed E-state index contributed by atoms with van der Waals surface area (Å²) in [5, 5.41) is 0. The van der Waals surface area contributed by atoms with Crippen LogP contribution in [0.2, 0.25) is 0 Å². The van der Waals surface area contributed by atoms with E-state index in [0.717, 1.165) is 5.56 Å². The summed E-state index contributed by atoms with van der Waals surface area (Å²) in [5.41, 5.74) is 7.67. The number of hydrogen-bond acceptors (Lipinski definition) is 4. The van der Waals surface area contributed by atoms with E-state index in [0.29, 0.717) is 29.8 Å². The highest BCUT2D eigenvalue weighted by atomic mass is 16.2. The van der Waals surface area contributed by atoms with Gasteiger partial charge in [-0.15, -0.1) is 0 Å². The molecule has 0 unspecified atom stereocenters. The first-order valence-corrected chi connectivity index (χ1v) is 9.23. The molecule has 0 aromatic heterocycles. The number of rotatable bonds is 6. The van der Waals surface area contributed by atoms with Gasteiger partial charge in [0.25, 0.3) is 17.7 Å². The second kappa shape index (κ2) is 7.56. The third-order valence-corrected chi connectivity index (χ3v) is 4.96. The van der Waals surface area contributed by atoms with Gasteiger partial charge in [0.2, 0.25) is 0 Å². The van der Waals surface area contributed by atoms with E-state index < -0.39 is 0 Å². The number of benzene rings is 2. The lowest BCUT2D eigenvalue weighted by atomic mass is 9.93. The van der Waals surface area contributed by atoms with E-state index in [1.807, 2.05) is 19.9 Å². The molecule has 1 heterocycles. The number of amides is 3. The summed E-state index contributed by atoms with van der Waals surface area (Å²) in [6.07, 6.45) is 0. The Labute approximate surface area is 164 Å². The number of nitrogens with two attached hydrogens (primary N) is 1. The topological polar surface area (TPSA) is 83.7 Å². The number of carbonyl (C=O) groups is 3. The van der Waals surface area contributed by atoms with Crippen LogP contribution in [0.3, 0.4) is 0 Å². The van der Waals surface area contributed by atoms with Crippen molar-refractivity contribution in [3.8, 4) is 0 Å². The molecule has 3 amide bonds. The van der Waals surface area contributed by atoms with Crippen LogP contribution >= 0.6 is 0 Å². The Balaban J connectivity index is 1.77. The van der Waals surface area contributed by atoms with Gasteiger partial charge in [-0.05, 0) is 41.8 Å². The summed E-state index contributed by atoms with van der Waals surface area (Å²) in [4.78, 5) is 40.7. The highest BCUT2D eigenvalue weighted by Crippen LogP contribution is 2.24. The van der Waals surface area contributed by atoms with Crippen molar-refractivity contribution in [2.45, 2.75) is 20.4 Å². The van der Waals surface area contributed by atoms with Gasteiger partial charge in [0.05, 0.1) is 17.7 Å². The van der Waals surface area contributed by atoms with Gasteiger partial charge >= 0.3 is 0 Å². The molecule has 0 saturated carbocycles. The van der Waals surface area contributed by atoms with Crippen LogP contribution in [0.5, 0.6) is 0 Å². The van der Waals surface area contributed by atoms with Crippen molar-refractivity contribution >= 4 is 17.7 Å². The maximum Gasteiger partial charge on any atom is 0.261 e. The molecule has 28 heavy (non-hydrogen) atoms. The average molecular weight is 379 g/mol. The molecule has 6 heteroatoms. The van der Waals surface area contributed by atoms with E-state index >= 15 is 0 Å². The van der Waals surface area contributed by atoms with E-state index in [1.54, 1.807) is 54.4 Å². The third kappa shape index (κ3) is 3.82.